The van der Waals surface area contributed by atoms with E-state index in [9.17, 15) is 14.9 Å². The summed E-state index contributed by atoms with van der Waals surface area (Å²) in [5.41, 5.74) is 0. The Labute approximate surface area is 139 Å². The third-order valence-electron chi connectivity index (χ3n) is 2.47. The Kier molecular flexibility index (Phi) is 5.17. The molecule has 2 rings (SSSR count). The smallest absolute Gasteiger partial charge is 0.345 e. The maximum absolute atomic E-state index is 12.0. The van der Waals surface area contributed by atoms with Crippen molar-refractivity contribution in [1.82, 2.24) is 4.98 Å². The fourth-order valence-electron chi connectivity index (χ4n) is 1.43. The minimum atomic E-state index is -0.873. The zero-order chi connectivity index (χ0) is 16.3. The van der Waals surface area contributed by atoms with Gasteiger partial charge in [0.2, 0.25) is 0 Å². The first kappa shape index (κ1) is 16.5. The van der Waals surface area contributed by atoms with E-state index in [1.54, 1.807) is 12.1 Å². The predicted molar refractivity (Wildman–Crippen MR) is 84.0 cm³/mol. The van der Waals surface area contributed by atoms with Gasteiger partial charge in [0.25, 0.3) is 5.91 Å². The number of nitrogens with zero attached hydrogens (tertiary/aromatic N) is 2. The van der Waals surface area contributed by atoms with Gasteiger partial charge in [-0.1, -0.05) is 23.2 Å². The highest BCUT2D eigenvalue weighted by Crippen LogP contribution is 2.29. The molecule has 1 atom stereocenters. The van der Waals surface area contributed by atoms with Gasteiger partial charge in [-0.05, 0) is 36.5 Å². The molecule has 0 fully saturated rings. The Hall–Kier alpha value is -1.90. The predicted octanol–water partition coefficient (Wildman–Crippen LogP) is 3.76. The van der Waals surface area contributed by atoms with Crippen LogP contribution in [0.3, 0.4) is 0 Å². The summed E-state index contributed by atoms with van der Waals surface area (Å²) in [5.74, 6) is -0.200. The Morgan fingerprint density at radius 1 is 1.50 bits per heavy atom. The lowest BCUT2D eigenvalue weighted by molar-refractivity contribution is -0.380. The van der Waals surface area contributed by atoms with Gasteiger partial charge in [0.05, 0.1) is 9.95 Å². The minimum Gasteiger partial charge on any atom is -0.479 e. The van der Waals surface area contributed by atoms with Crippen LogP contribution in [0.1, 0.15) is 6.92 Å². The van der Waals surface area contributed by atoms with Crippen molar-refractivity contribution in [3.63, 3.8) is 0 Å². The lowest BCUT2D eigenvalue weighted by atomic mass is 10.3. The molecular formula is C12H9Cl2N3O4S. The molecule has 1 aromatic carbocycles. The molecule has 116 valence electrons. The van der Waals surface area contributed by atoms with E-state index in [0.29, 0.717) is 10.8 Å². The maximum atomic E-state index is 12.0. The number of nitrogens with one attached hydrogen (secondary N) is 1. The first-order valence-corrected chi connectivity index (χ1v) is 7.47. The van der Waals surface area contributed by atoms with Crippen molar-refractivity contribution in [2.24, 2.45) is 0 Å². The molecule has 0 aliphatic rings. The zero-order valence-corrected chi connectivity index (χ0v) is 13.4. The number of benzene rings is 1. The highest BCUT2D eigenvalue weighted by Gasteiger charge is 2.19. The summed E-state index contributed by atoms with van der Waals surface area (Å²) in [5, 5.41) is 13.7. The Morgan fingerprint density at radius 2 is 2.23 bits per heavy atom. The van der Waals surface area contributed by atoms with Crippen LogP contribution in [-0.2, 0) is 4.79 Å². The van der Waals surface area contributed by atoms with Gasteiger partial charge < -0.3 is 4.74 Å². The quantitative estimate of drug-likeness (QED) is 0.646. The maximum Gasteiger partial charge on any atom is 0.345 e. The summed E-state index contributed by atoms with van der Waals surface area (Å²) < 4.78 is 5.43. The number of amides is 1. The average Bonchev–Trinajstić information content (AvgIpc) is 2.90. The van der Waals surface area contributed by atoms with E-state index in [-0.39, 0.29) is 15.2 Å². The second-order valence-electron chi connectivity index (χ2n) is 4.08. The number of halogens is 2. The summed E-state index contributed by atoms with van der Waals surface area (Å²) in [4.78, 5) is 25.7. The highest BCUT2D eigenvalue weighted by molar-refractivity contribution is 7.18. The highest BCUT2D eigenvalue weighted by atomic mass is 35.5. The van der Waals surface area contributed by atoms with E-state index in [4.69, 9.17) is 27.9 Å². The van der Waals surface area contributed by atoms with Crippen LogP contribution < -0.4 is 10.1 Å². The van der Waals surface area contributed by atoms with Gasteiger partial charge in [-0.25, -0.2) is 4.98 Å². The van der Waals surface area contributed by atoms with Crippen LogP contribution in [0.5, 0.6) is 5.75 Å². The molecule has 0 unspecified atom stereocenters. The average molecular weight is 362 g/mol. The first-order chi connectivity index (χ1) is 10.4. The van der Waals surface area contributed by atoms with Gasteiger partial charge in [0.1, 0.15) is 11.9 Å². The van der Waals surface area contributed by atoms with Crippen LogP contribution in [0.15, 0.2) is 24.4 Å². The Morgan fingerprint density at radius 3 is 2.82 bits per heavy atom. The second kappa shape index (κ2) is 6.91. The van der Waals surface area contributed by atoms with Crippen LogP contribution in [-0.4, -0.2) is 21.9 Å². The van der Waals surface area contributed by atoms with Crippen LogP contribution in [0.4, 0.5) is 10.1 Å². The standard InChI is InChI=1S/C12H9Cl2N3O4S/c1-6(21-9-3-2-7(13)4-8(9)14)11(18)16-12-15-5-10(22-12)17(19)20/h2-6H,1H3,(H,15,16,18)/t6-/m0/s1. The Bertz CT molecular complexity index is 722. The third kappa shape index (κ3) is 4.06. The van der Waals surface area contributed by atoms with E-state index < -0.39 is 16.9 Å². The number of hydrogen-bond donors (Lipinski definition) is 1. The molecule has 7 nitrogen and oxygen atoms in total. The van der Waals surface area contributed by atoms with Crippen LogP contribution in [0.2, 0.25) is 10.0 Å². The van der Waals surface area contributed by atoms with Crippen molar-refractivity contribution < 1.29 is 14.5 Å². The van der Waals surface area contributed by atoms with E-state index in [1.807, 2.05) is 0 Å². The molecule has 1 heterocycles. The van der Waals surface area contributed by atoms with Crippen molar-refractivity contribution in [2.75, 3.05) is 5.32 Å². The largest absolute Gasteiger partial charge is 0.479 e. The number of rotatable bonds is 5. The number of carbonyl (C=O) groups excluding carboxylic acids is 1. The van der Waals surface area contributed by atoms with Gasteiger partial charge in [0.15, 0.2) is 11.2 Å². The molecule has 10 heteroatoms. The van der Waals surface area contributed by atoms with Crippen LogP contribution >= 0.6 is 34.5 Å². The monoisotopic (exact) mass is 361 g/mol. The number of anilines is 1. The van der Waals surface area contributed by atoms with Gasteiger partial charge in [-0.15, -0.1) is 0 Å². The molecule has 0 saturated heterocycles. The molecule has 2 aromatic rings. The number of nitro groups is 1. The van der Waals surface area contributed by atoms with Crippen molar-refractivity contribution >= 4 is 50.6 Å². The summed E-state index contributed by atoms with van der Waals surface area (Å²) in [6.45, 7) is 1.52. The molecular weight excluding hydrogens is 353 g/mol. The van der Waals surface area contributed by atoms with Crippen molar-refractivity contribution in [1.29, 1.82) is 0 Å². The van der Waals surface area contributed by atoms with E-state index in [1.165, 1.54) is 13.0 Å². The summed E-state index contributed by atoms with van der Waals surface area (Å²) in [7, 11) is 0. The number of thiazole rings is 1. The Balaban J connectivity index is 2.00. The lowest BCUT2D eigenvalue weighted by Gasteiger charge is -2.14. The molecule has 1 aromatic heterocycles. The first-order valence-electron chi connectivity index (χ1n) is 5.89. The van der Waals surface area contributed by atoms with Crippen molar-refractivity contribution in [3.05, 3.63) is 44.6 Å². The van der Waals surface area contributed by atoms with Crippen LogP contribution in [0, 0.1) is 10.1 Å². The van der Waals surface area contributed by atoms with E-state index in [2.05, 4.69) is 10.3 Å². The van der Waals surface area contributed by atoms with Crippen molar-refractivity contribution in [2.45, 2.75) is 13.0 Å². The zero-order valence-electron chi connectivity index (χ0n) is 11.1. The molecule has 1 amide bonds. The number of ether oxygens (including phenoxy) is 1. The van der Waals surface area contributed by atoms with E-state index >= 15 is 0 Å². The molecule has 0 bridgehead atoms. The van der Waals surface area contributed by atoms with Crippen molar-refractivity contribution in [3.8, 4) is 5.75 Å². The molecule has 1 N–H and O–H groups in total. The normalized spacial score (nSPS) is 11.8. The van der Waals surface area contributed by atoms with Gasteiger partial charge in [0, 0.05) is 5.02 Å². The minimum absolute atomic E-state index is 0.120. The SMILES string of the molecule is C[C@H](Oc1ccc(Cl)cc1Cl)C(=O)Nc1ncc([N+](=O)[O-])s1. The lowest BCUT2D eigenvalue weighted by Crippen LogP contribution is -2.30. The van der Waals surface area contributed by atoms with Crippen LogP contribution in [0.25, 0.3) is 0 Å². The summed E-state index contributed by atoms with van der Waals surface area (Å²) in [6.07, 6.45) is 0.198. The number of hydrogen-bond acceptors (Lipinski definition) is 6. The van der Waals surface area contributed by atoms with Gasteiger partial charge in [-0.3, -0.25) is 20.2 Å². The van der Waals surface area contributed by atoms with Gasteiger partial charge in [-0.2, -0.15) is 0 Å². The topological polar surface area (TPSA) is 94.4 Å². The van der Waals surface area contributed by atoms with E-state index in [0.717, 1.165) is 17.5 Å². The third-order valence-corrected chi connectivity index (χ3v) is 3.87. The fourth-order valence-corrected chi connectivity index (χ4v) is 2.52. The summed E-state index contributed by atoms with van der Waals surface area (Å²) in [6, 6.07) is 4.62. The molecule has 0 aliphatic carbocycles. The number of aromatic nitrogens is 1. The second-order valence-corrected chi connectivity index (χ2v) is 5.94. The van der Waals surface area contributed by atoms with Gasteiger partial charge >= 0.3 is 5.00 Å². The molecule has 0 saturated carbocycles. The fraction of sp³-hybridized carbons (Fsp3) is 0.167. The molecule has 0 spiro atoms. The summed E-state index contributed by atoms with van der Waals surface area (Å²) >= 11 is 12.5. The molecule has 0 aliphatic heterocycles. The number of carbonyl (C=O) groups is 1. The molecule has 0 radical (unpaired) electrons. The molecule has 22 heavy (non-hydrogen) atoms.